The predicted molar refractivity (Wildman–Crippen MR) is 58.8 cm³/mol. The van der Waals surface area contributed by atoms with Crippen molar-refractivity contribution in [3.8, 4) is 0 Å². The van der Waals surface area contributed by atoms with E-state index in [0.717, 1.165) is 31.8 Å². The maximum absolute atomic E-state index is 11.0. The molecule has 2 saturated carbocycles. The van der Waals surface area contributed by atoms with Gasteiger partial charge in [0.25, 0.3) is 0 Å². The van der Waals surface area contributed by atoms with E-state index in [4.69, 9.17) is 5.11 Å². The molecule has 0 unspecified atom stereocenters. The molecule has 0 amide bonds. The van der Waals surface area contributed by atoms with Crippen molar-refractivity contribution in [2.75, 3.05) is 13.6 Å². The number of carboxylic acid groups (broad SMARTS) is 1. The van der Waals surface area contributed by atoms with Crippen molar-refractivity contribution in [3.63, 3.8) is 0 Å². The molecule has 0 aromatic rings. The largest absolute Gasteiger partial charge is 0.481 e. The van der Waals surface area contributed by atoms with E-state index in [1.54, 1.807) is 0 Å². The van der Waals surface area contributed by atoms with Crippen LogP contribution in [0.4, 0.5) is 0 Å². The first kappa shape index (κ1) is 10.9. The first-order valence-electron chi connectivity index (χ1n) is 6.08. The van der Waals surface area contributed by atoms with Gasteiger partial charge in [-0.25, -0.2) is 0 Å². The van der Waals surface area contributed by atoms with E-state index in [0.29, 0.717) is 0 Å². The van der Waals surface area contributed by atoms with Crippen molar-refractivity contribution in [1.29, 1.82) is 0 Å². The molecule has 0 aliphatic heterocycles. The molecule has 0 radical (unpaired) electrons. The molecule has 0 bridgehead atoms. The SMILES string of the molecule is CN(CCC1(C(=O)O)CC1)C1CCCC1. The number of carbonyl (C=O) groups is 1. The molecule has 0 atom stereocenters. The van der Waals surface area contributed by atoms with Crippen molar-refractivity contribution < 1.29 is 9.90 Å². The number of rotatable bonds is 5. The van der Waals surface area contributed by atoms with Gasteiger partial charge in [0.2, 0.25) is 0 Å². The lowest BCUT2D eigenvalue weighted by Gasteiger charge is -2.25. The first-order chi connectivity index (χ1) is 7.14. The number of carboxylic acids is 1. The third-order valence-electron chi connectivity index (χ3n) is 4.20. The fourth-order valence-electron chi connectivity index (χ4n) is 2.64. The number of hydrogen-bond acceptors (Lipinski definition) is 2. The maximum atomic E-state index is 11.0. The normalized spacial score (nSPS) is 24.7. The standard InChI is InChI=1S/C12H21NO2/c1-13(10-4-2-3-5-10)9-8-12(6-7-12)11(14)15/h10H,2-9H2,1H3,(H,14,15). The Morgan fingerprint density at radius 1 is 1.40 bits per heavy atom. The highest BCUT2D eigenvalue weighted by molar-refractivity contribution is 5.77. The smallest absolute Gasteiger partial charge is 0.309 e. The minimum Gasteiger partial charge on any atom is -0.481 e. The molecule has 0 aromatic heterocycles. The monoisotopic (exact) mass is 211 g/mol. The zero-order valence-corrected chi connectivity index (χ0v) is 9.54. The Hall–Kier alpha value is -0.570. The summed E-state index contributed by atoms with van der Waals surface area (Å²) >= 11 is 0. The van der Waals surface area contributed by atoms with Crippen LogP contribution in [0.25, 0.3) is 0 Å². The molecule has 0 saturated heterocycles. The second-order valence-electron chi connectivity index (χ2n) is 5.25. The Balaban J connectivity index is 1.75. The Morgan fingerprint density at radius 2 is 2.00 bits per heavy atom. The molecule has 3 nitrogen and oxygen atoms in total. The maximum Gasteiger partial charge on any atom is 0.309 e. The van der Waals surface area contributed by atoms with Gasteiger partial charge in [-0.3, -0.25) is 4.79 Å². The molecule has 3 heteroatoms. The Labute approximate surface area is 91.5 Å². The summed E-state index contributed by atoms with van der Waals surface area (Å²) in [7, 11) is 2.15. The minimum atomic E-state index is -0.581. The van der Waals surface area contributed by atoms with Crippen molar-refractivity contribution >= 4 is 5.97 Å². The summed E-state index contributed by atoms with van der Waals surface area (Å²) < 4.78 is 0. The first-order valence-corrected chi connectivity index (χ1v) is 6.08. The second kappa shape index (κ2) is 4.12. The lowest BCUT2D eigenvalue weighted by molar-refractivity contribution is -0.143. The van der Waals surface area contributed by atoms with Gasteiger partial charge < -0.3 is 10.0 Å². The van der Waals surface area contributed by atoms with Crippen molar-refractivity contribution in [3.05, 3.63) is 0 Å². The Morgan fingerprint density at radius 3 is 2.47 bits per heavy atom. The fourth-order valence-corrected chi connectivity index (χ4v) is 2.64. The van der Waals surface area contributed by atoms with Gasteiger partial charge in [-0.2, -0.15) is 0 Å². The second-order valence-corrected chi connectivity index (χ2v) is 5.25. The predicted octanol–water partition coefficient (Wildman–Crippen LogP) is 2.12. The number of hydrogen-bond donors (Lipinski definition) is 1. The molecule has 0 aromatic carbocycles. The van der Waals surface area contributed by atoms with E-state index in [2.05, 4.69) is 11.9 Å². The van der Waals surface area contributed by atoms with Gasteiger partial charge in [-0.05, 0) is 45.7 Å². The topological polar surface area (TPSA) is 40.5 Å². The summed E-state index contributed by atoms with van der Waals surface area (Å²) in [5, 5.41) is 9.06. The van der Waals surface area contributed by atoms with E-state index >= 15 is 0 Å². The van der Waals surface area contributed by atoms with Crippen LogP contribution in [-0.4, -0.2) is 35.6 Å². The van der Waals surface area contributed by atoms with Gasteiger partial charge >= 0.3 is 5.97 Å². The third-order valence-corrected chi connectivity index (χ3v) is 4.20. The molecule has 86 valence electrons. The van der Waals surface area contributed by atoms with E-state index in [1.165, 1.54) is 25.7 Å². The van der Waals surface area contributed by atoms with Crippen molar-refractivity contribution in [2.24, 2.45) is 5.41 Å². The van der Waals surface area contributed by atoms with Crippen LogP contribution in [0.2, 0.25) is 0 Å². The Bertz CT molecular complexity index is 242. The van der Waals surface area contributed by atoms with E-state index in [9.17, 15) is 4.79 Å². The van der Waals surface area contributed by atoms with Crippen LogP contribution in [0.5, 0.6) is 0 Å². The van der Waals surface area contributed by atoms with E-state index < -0.39 is 5.97 Å². The summed E-state index contributed by atoms with van der Waals surface area (Å²) in [4.78, 5) is 13.4. The average Bonchev–Trinajstić information content (AvgIpc) is 2.80. The van der Waals surface area contributed by atoms with E-state index in [-0.39, 0.29) is 5.41 Å². The molecule has 0 heterocycles. The zero-order valence-electron chi connectivity index (χ0n) is 9.54. The van der Waals surface area contributed by atoms with Crippen LogP contribution in [0.15, 0.2) is 0 Å². The number of aliphatic carboxylic acids is 1. The molecule has 0 spiro atoms. The highest BCUT2D eigenvalue weighted by Crippen LogP contribution is 2.49. The average molecular weight is 211 g/mol. The quantitative estimate of drug-likeness (QED) is 0.757. The van der Waals surface area contributed by atoms with Crippen LogP contribution >= 0.6 is 0 Å². The van der Waals surface area contributed by atoms with Crippen LogP contribution in [0, 0.1) is 5.41 Å². The van der Waals surface area contributed by atoms with Gasteiger partial charge in [-0.15, -0.1) is 0 Å². The van der Waals surface area contributed by atoms with Crippen LogP contribution in [-0.2, 0) is 4.79 Å². The highest BCUT2D eigenvalue weighted by Gasteiger charge is 2.49. The van der Waals surface area contributed by atoms with Gasteiger partial charge in [0, 0.05) is 6.04 Å². The number of nitrogens with zero attached hydrogens (tertiary/aromatic N) is 1. The third kappa shape index (κ3) is 2.33. The molecular formula is C12H21NO2. The molecule has 15 heavy (non-hydrogen) atoms. The summed E-state index contributed by atoms with van der Waals surface area (Å²) in [5.74, 6) is -0.581. The molecule has 1 N–H and O–H groups in total. The van der Waals surface area contributed by atoms with Gasteiger partial charge in [0.15, 0.2) is 0 Å². The van der Waals surface area contributed by atoms with Crippen molar-refractivity contribution in [1.82, 2.24) is 4.90 Å². The van der Waals surface area contributed by atoms with E-state index in [1.807, 2.05) is 0 Å². The highest BCUT2D eigenvalue weighted by atomic mass is 16.4. The summed E-state index contributed by atoms with van der Waals surface area (Å²) in [6, 6.07) is 0.717. The summed E-state index contributed by atoms with van der Waals surface area (Å²) in [6.07, 6.45) is 7.92. The molecule has 2 fully saturated rings. The van der Waals surface area contributed by atoms with Crippen LogP contribution in [0.3, 0.4) is 0 Å². The fraction of sp³-hybridized carbons (Fsp3) is 0.917. The lowest BCUT2D eigenvalue weighted by atomic mass is 10.0. The summed E-state index contributed by atoms with van der Waals surface area (Å²) in [6.45, 7) is 0.955. The van der Waals surface area contributed by atoms with Crippen molar-refractivity contribution in [2.45, 2.75) is 51.0 Å². The minimum absolute atomic E-state index is 0.340. The van der Waals surface area contributed by atoms with Crippen LogP contribution in [0.1, 0.15) is 44.9 Å². The molecule has 2 aliphatic rings. The van der Waals surface area contributed by atoms with Crippen LogP contribution < -0.4 is 0 Å². The van der Waals surface area contributed by atoms with Gasteiger partial charge in [-0.1, -0.05) is 12.8 Å². The van der Waals surface area contributed by atoms with Gasteiger partial charge in [0.1, 0.15) is 0 Å². The van der Waals surface area contributed by atoms with Gasteiger partial charge in [0.05, 0.1) is 5.41 Å². The Kier molecular flexibility index (Phi) is 3.01. The summed E-state index contributed by atoms with van der Waals surface area (Å²) in [5.41, 5.74) is -0.340. The zero-order chi connectivity index (χ0) is 10.9. The lowest BCUT2D eigenvalue weighted by Crippen LogP contribution is -2.32. The molecular weight excluding hydrogens is 190 g/mol. The molecule has 2 rings (SSSR count). The molecule has 2 aliphatic carbocycles.